The molecule has 0 amide bonds. The zero-order valence-corrected chi connectivity index (χ0v) is 14.6. The number of fused-ring (bicyclic) bond motifs is 1. The molecule has 1 nitrogen and oxygen atoms in total. The maximum Gasteiger partial charge on any atom is 0.250 e. The van der Waals surface area contributed by atoms with Crippen molar-refractivity contribution in [2.45, 2.75) is 65.6 Å². The minimum Gasteiger partial charge on any atom is -0.546 e. The summed E-state index contributed by atoms with van der Waals surface area (Å²) in [5.74, 6) is 1.21. The van der Waals surface area contributed by atoms with Crippen molar-refractivity contribution in [1.82, 2.24) is 0 Å². The van der Waals surface area contributed by atoms with E-state index in [2.05, 4.69) is 65.9 Å². The van der Waals surface area contributed by atoms with Crippen molar-refractivity contribution in [2.75, 3.05) is 0 Å². The van der Waals surface area contributed by atoms with Gasteiger partial charge >= 0.3 is 0 Å². The first-order chi connectivity index (χ1) is 8.56. The Morgan fingerprint density at radius 1 is 1.21 bits per heavy atom. The van der Waals surface area contributed by atoms with Crippen molar-refractivity contribution in [1.29, 1.82) is 0 Å². The minimum absolute atomic E-state index is 0.120. The van der Waals surface area contributed by atoms with Crippen LogP contribution in [0.1, 0.15) is 47.5 Å². The van der Waals surface area contributed by atoms with Crippen LogP contribution in [0.5, 0.6) is 0 Å². The van der Waals surface area contributed by atoms with Gasteiger partial charge in [0.15, 0.2) is 0 Å². The first kappa shape index (κ1) is 14.6. The molecule has 19 heavy (non-hydrogen) atoms. The fraction of sp³-hybridized carbons (Fsp3) is 0.647. The predicted octanol–water partition coefficient (Wildman–Crippen LogP) is 5.58. The van der Waals surface area contributed by atoms with Gasteiger partial charge in [0, 0.05) is 5.41 Å². The number of rotatable bonds is 2. The molecule has 0 saturated carbocycles. The van der Waals surface area contributed by atoms with Crippen LogP contribution in [0.3, 0.4) is 0 Å². The van der Waals surface area contributed by atoms with Gasteiger partial charge in [-0.3, -0.25) is 0 Å². The molecule has 2 aliphatic carbocycles. The normalized spacial score (nSPS) is 27.4. The molecule has 2 heteroatoms. The van der Waals surface area contributed by atoms with E-state index in [0.717, 1.165) is 0 Å². The fourth-order valence-corrected chi connectivity index (χ4v) is 3.66. The zero-order valence-electron chi connectivity index (χ0n) is 13.6. The van der Waals surface area contributed by atoms with Crippen LogP contribution < -0.4 is 0 Å². The van der Waals surface area contributed by atoms with Gasteiger partial charge in [0.2, 0.25) is 8.32 Å². The quantitative estimate of drug-likeness (QED) is 0.598. The monoisotopic (exact) mass is 276 g/mol. The van der Waals surface area contributed by atoms with Crippen molar-refractivity contribution in [3.63, 3.8) is 0 Å². The van der Waals surface area contributed by atoms with E-state index in [1.807, 2.05) is 0 Å². The van der Waals surface area contributed by atoms with Gasteiger partial charge in [-0.1, -0.05) is 38.5 Å². The topological polar surface area (TPSA) is 9.23 Å². The molecule has 0 saturated heterocycles. The molecule has 0 fully saturated rings. The van der Waals surface area contributed by atoms with Crippen LogP contribution in [-0.4, -0.2) is 8.32 Å². The lowest BCUT2D eigenvalue weighted by molar-refractivity contribution is 0.264. The fourth-order valence-electron chi connectivity index (χ4n) is 2.51. The molecule has 0 unspecified atom stereocenters. The van der Waals surface area contributed by atoms with Crippen LogP contribution in [-0.2, 0) is 4.43 Å². The van der Waals surface area contributed by atoms with Crippen LogP contribution in [0.15, 0.2) is 35.1 Å². The van der Waals surface area contributed by atoms with Gasteiger partial charge < -0.3 is 4.43 Å². The van der Waals surface area contributed by atoms with Crippen LogP contribution in [0.4, 0.5) is 0 Å². The first-order valence-corrected chi connectivity index (χ1v) is 10.3. The molecular formula is C17H28OSi. The van der Waals surface area contributed by atoms with Crippen molar-refractivity contribution in [2.24, 2.45) is 5.41 Å². The smallest absolute Gasteiger partial charge is 0.250 e. The SMILES string of the molecule is CC1=CC2=CC=C(O[Si](C)(C)C(C)(C)C)[C@@]2(C)CC1. The van der Waals surface area contributed by atoms with Gasteiger partial charge in [-0.15, -0.1) is 0 Å². The summed E-state index contributed by atoms with van der Waals surface area (Å²) in [5.41, 5.74) is 3.05. The van der Waals surface area contributed by atoms with Crippen LogP contribution in [0, 0.1) is 5.41 Å². The summed E-state index contributed by atoms with van der Waals surface area (Å²) < 4.78 is 6.59. The molecule has 2 rings (SSSR count). The highest BCUT2D eigenvalue weighted by molar-refractivity contribution is 6.74. The molecule has 0 aromatic rings. The van der Waals surface area contributed by atoms with Crippen LogP contribution in [0.2, 0.25) is 18.1 Å². The molecule has 106 valence electrons. The number of allylic oxidation sites excluding steroid dienone is 5. The summed E-state index contributed by atoms with van der Waals surface area (Å²) in [5, 5.41) is 0.257. The Balaban J connectivity index is 2.23. The van der Waals surface area contributed by atoms with Gasteiger partial charge in [0.1, 0.15) is 0 Å². The van der Waals surface area contributed by atoms with Crippen molar-refractivity contribution in [3.8, 4) is 0 Å². The molecule has 0 aliphatic heterocycles. The van der Waals surface area contributed by atoms with Gasteiger partial charge in [-0.2, -0.15) is 0 Å². The maximum atomic E-state index is 6.59. The van der Waals surface area contributed by atoms with E-state index in [-0.39, 0.29) is 10.5 Å². The summed E-state index contributed by atoms with van der Waals surface area (Å²) in [6.45, 7) is 16.1. The third kappa shape index (κ3) is 2.47. The lowest BCUT2D eigenvalue weighted by Gasteiger charge is -2.42. The molecule has 0 aromatic heterocycles. The largest absolute Gasteiger partial charge is 0.546 e. The highest BCUT2D eigenvalue weighted by Gasteiger charge is 2.45. The van der Waals surface area contributed by atoms with E-state index < -0.39 is 8.32 Å². The minimum atomic E-state index is -1.73. The van der Waals surface area contributed by atoms with Crippen molar-refractivity contribution < 1.29 is 4.43 Å². The van der Waals surface area contributed by atoms with E-state index in [1.54, 1.807) is 0 Å². The predicted molar refractivity (Wildman–Crippen MR) is 85.5 cm³/mol. The zero-order chi connectivity index (χ0) is 14.5. The van der Waals surface area contributed by atoms with Gasteiger partial charge in [-0.05, 0) is 56.5 Å². The Morgan fingerprint density at radius 3 is 2.42 bits per heavy atom. The van der Waals surface area contributed by atoms with E-state index in [9.17, 15) is 0 Å². The Hall–Kier alpha value is -0.763. The molecule has 0 aromatic carbocycles. The van der Waals surface area contributed by atoms with Crippen molar-refractivity contribution in [3.05, 3.63) is 35.1 Å². The lowest BCUT2D eigenvalue weighted by atomic mass is 9.74. The summed E-state index contributed by atoms with van der Waals surface area (Å²) in [6.07, 6.45) is 9.19. The Labute approximate surface area is 119 Å². The first-order valence-electron chi connectivity index (χ1n) is 7.35. The molecule has 0 N–H and O–H groups in total. The molecule has 0 heterocycles. The summed E-state index contributed by atoms with van der Waals surface area (Å²) in [4.78, 5) is 0. The standard InChI is InChI=1S/C17H28OSi/c1-13-10-11-17(5)14(12-13)8-9-15(17)18-19(6,7)16(2,3)4/h8-9,12H,10-11H2,1-7H3/t17-/m0/s1. The number of hydrogen-bond donors (Lipinski definition) is 0. The van der Waals surface area contributed by atoms with Crippen LogP contribution >= 0.6 is 0 Å². The maximum absolute atomic E-state index is 6.59. The third-order valence-electron chi connectivity index (χ3n) is 5.19. The lowest BCUT2D eigenvalue weighted by Crippen LogP contribution is -2.42. The molecule has 0 bridgehead atoms. The Morgan fingerprint density at radius 2 is 1.84 bits per heavy atom. The van der Waals surface area contributed by atoms with E-state index in [1.165, 1.54) is 29.7 Å². The Kier molecular flexibility index (Phi) is 3.37. The average molecular weight is 276 g/mol. The van der Waals surface area contributed by atoms with Gasteiger partial charge in [0.05, 0.1) is 5.76 Å². The highest BCUT2D eigenvalue weighted by Crippen LogP contribution is 2.51. The molecule has 0 spiro atoms. The van der Waals surface area contributed by atoms with Gasteiger partial charge in [0.25, 0.3) is 0 Å². The Bertz CT molecular complexity index is 474. The van der Waals surface area contributed by atoms with Crippen molar-refractivity contribution >= 4 is 8.32 Å². The second kappa shape index (κ2) is 4.37. The summed E-state index contributed by atoms with van der Waals surface area (Å²) >= 11 is 0. The van der Waals surface area contributed by atoms with Gasteiger partial charge in [-0.25, -0.2) is 0 Å². The van der Waals surface area contributed by atoms with E-state index in [0.29, 0.717) is 0 Å². The third-order valence-corrected chi connectivity index (χ3v) is 9.53. The van der Waals surface area contributed by atoms with E-state index >= 15 is 0 Å². The highest BCUT2D eigenvalue weighted by atomic mass is 28.4. The number of hydrogen-bond acceptors (Lipinski definition) is 1. The second-order valence-corrected chi connectivity index (χ2v) is 12.6. The second-order valence-electron chi connectivity index (χ2n) is 7.84. The molecule has 2 aliphatic rings. The molecule has 0 radical (unpaired) electrons. The average Bonchev–Trinajstić information content (AvgIpc) is 2.55. The van der Waals surface area contributed by atoms with E-state index in [4.69, 9.17) is 4.43 Å². The molecular weight excluding hydrogens is 248 g/mol. The summed E-state index contributed by atoms with van der Waals surface area (Å²) in [7, 11) is -1.73. The summed E-state index contributed by atoms with van der Waals surface area (Å²) in [6, 6.07) is 0. The van der Waals surface area contributed by atoms with Crippen LogP contribution in [0.25, 0.3) is 0 Å². The molecule has 1 atom stereocenters.